The summed E-state index contributed by atoms with van der Waals surface area (Å²) in [6, 6.07) is 0. The van der Waals surface area contributed by atoms with Gasteiger partial charge in [-0.15, -0.1) is 0 Å². The molecule has 0 nitrogen and oxygen atoms in total. The molecule has 2 saturated carbocycles. The molecule has 0 N–H and O–H groups in total. The molecule has 2 fully saturated rings. The molecule has 0 heterocycles. The molecule has 0 radical (unpaired) electrons. The van der Waals surface area contributed by atoms with Crippen LogP contribution in [0, 0.1) is 23.7 Å². The molecular formula is C11H20. The molecule has 2 bridgehead atoms. The third-order valence-electron chi connectivity index (χ3n) is 4.16. The number of hydrogen-bond acceptors (Lipinski definition) is 0. The molecule has 4 atom stereocenters. The van der Waals surface area contributed by atoms with Gasteiger partial charge in [-0.25, -0.2) is 0 Å². The van der Waals surface area contributed by atoms with Crippen LogP contribution in [0.1, 0.15) is 46.0 Å². The lowest BCUT2D eigenvalue weighted by atomic mass is 9.78. The zero-order valence-electron chi connectivity index (χ0n) is 7.84. The van der Waals surface area contributed by atoms with Gasteiger partial charge in [-0.1, -0.05) is 26.7 Å². The van der Waals surface area contributed by atoms with Crippen molar-refractivity contribution < 1.29 is 0 Å². The highest BCUT2D eigenvalue weighted by Crippen LogP contribution is 2.53. The van der Waals surface area contributed by atoms with Gasteiger partial charge in [0.25, 0.3) is 0 Å². The van der Waals surface area contributed by atoms with Gasteiger partial charge >= 0.3 is 0 Å². The van der Waals surface area contributed by atoms with Crippen LogP contribution in [0.3, 0.4) is 0 Å². The molecule has 2 rings (SSSR count). The fraction of sp³-hybridized carbons (Fsp3) is 1.00. The summed E-state index contributed by atoms with van der Waals surface area (Å²) in [5.74, 6) is 4.43. The first-order valence-corrected chi connectivity index (χ1v) is 5.33. The molecule has 0 aromatic rings. The number of hydrogen-bond donors (Lipinski definition) is 0. The van der Waals surface area contributed by atoms with E-state index in [1.165, 1.54) is 12.8 Å². The molecule has 0 heteroatoms. The predicted molar refractivity (Wildman–Crippen MR) is 48.4 cm³/mol. The van der Waals surface area contributed by atoms with Crippen molar-refractivity contribution in [3.8, 4) is 0 Å². The first-order valence-electron chi connectivity index (χ1n) is 5.33. The first-order chi connectivity index (χ1) is 5.33. The van der Waals surface area contributed by atoms with Gasteiger partial charge < -0.3 is 0 Å². The van der Waals surface area contributed by atoms with Gasteiger partial charge in [-0.2, -0.15) is 0 Å². The van der Waals surface area contributed by atoms with Crippen LogP contribution in [0.2, 0.25) is 0 Å². The van der Waals surface area contributed by atoms with E-state index in [2.05, 4.69) is 13.8 Å². The lowest BCUT2D eigenvalue weighted by Crippen LogP contribution is -2.19. The van der Waals surface area contributed by atoms with Crippen molar-refractivity contribution in [2.75, 3.05) is 0 Å². The normalized spacial score (nSPS) is 48.5. The van der Waals surface area contributed by atoms with E-state index in [4.69, 9.17) is 0 Å². The smallest absolute Gasteiger partial charge is 0.0357 e. The summed E-state index contributed by atoms with van der Waals surface area (Å²) in [7, 11) is 0. The van der Waals surface area contributed by atoms with Crippen molar-refractivity contribution in [1.82, 2.24) is 0 Å². The Hall–Kier alpha value is 0. The predicted octanol–water partition coefficient (Wildman–Crippen LogP) is 3.47. The second-order valence-corrected chi connectivity index (χ2v) is 4.64. The van der Waals surface area contributed by atoms with Gasteiger partial charge in [0.1, 0.15) is 0 Å². The van der Waals surface area contributed by atoms with Crippen molar-refractivity contribution in [1.29, 1.82) is 0 Å². The molecule has 0 saturated heterocycles. The average molecular weight is 152 g/mol. The van der Waals surface area contributed by atoms with Gasteiger partial charge in [-0.3, -0.25) is 0 Å². The Bertz CT molecular complexity index is 137. The highest BCUT2D eigenvalue weighted by Gasteiger charge is 2.44. The zero-order valence-corrected chi connectivity index (χ0v) is 7.84. The van der Waals surface area contributed by atoms with E-state index in [0.717, 1.165) is 23.7 Å². The van der Waals surface area contributed by atoms with Gasteiger partial charge in [0.2, 0.25) is 0 Å². The van der Waals surface area contributed by atoms with Crippen LogP contribution in [0.4, 0.5) is 0 Å². The summed E-state index contributed by atoms with van der Waals surface area (Å²) in [6.45, 7) is 4.82. The molecule has 11 heavy (non-hydrogen) atoms. The lowest BCUT2D eigenvalue weighted by molar-refractivity contribution is 0.224. The van der Waals surface area contributed by atoms with E-state index in [1.807, 2.05) is 0 Å². The second-order valence-electron chi connectivity index (χ2n) is 4.64. The third-order valence-corrected chi connectivity index (χ3v) is 4.16. The minimum atomic E-state index is 1.06. The first kappa shape index (κ1) is 7.64. The Morgan fingerprint density at radius 3 is 2.45 bits per heavy atom. The van der Waals surface area contributed by atoms with Gasteiger partial charge in [0.05, 0.1) is 0 Å². The van der Waals surface area contributed by atoms with Crippen molar-refractivity contribution in [2.45, 2.75) is 46.0 Å². The molecule has 4 unspecified atom stereocenters. The SMILES string of the molecule is CCCC1C2CCC(C2)C1C. The third kappa shape index (κ3) is 1.11. The Kier molecular flexibility index (Phi) is 1.95. The standard InChI is InChI=1S/C11H20/c1-3-4-11-8(2)9-5-6-10(11)7-9/h8-11H,3-7H2,1-2H3. The highest BCUT2D eigenvalue weighted by molar-refractivity contribution is 4.93. The minimum Gasteiger partial charge on any atom is -0.0654 e. The van der Waals surface area contributed by atoms with Crippen LogP contribution in [0.15, 0.2) is 0 Å². The molecule has 0 aromatic carbocycles. The molecule has 0 amide bonds. The fourth-order valence-electron chi connectivity index (χ4n) is 3.53. The van der Waals surface area contributed by atoms with Crippen molar-refractivity contribution in [3.63, 3.8) is 0 Å². The molecule has 2 aliphatic rings. The maximum absolute atomic E-state index is 2.49. The summed E-state index contributed by atoms with van der Waals surface area (Å²) >= 11 is 0. The van der Waals surface area contributed by atoms with Crippen molar-refractivity contribution in [2.24, 2.45) is 23.7 Å². The molecule has 0 spiro atoms. The van der Waals surface area contributed by atoms with E-state index in [0.29, 0.717) is 0 Å². The summed E-state index contributed by atoms with van der Waals surface area (Å²) in [5.41, 5.74) is 0. The fourth-order valence-corrected chi connectivity index (χ4v) is 3.53. The largest absolute Gasteiger partial charge is 0.0654 e. The van der Waals surface area contributed by atoms with Crippen LogP contribution in [0.5, 0.6) is 0 Å². The van der Waals surface area contributed by atoms with Crippen LogP contribution < -0.4 is 0 Å². The number of fused-ring (bicyclic) bond motifs is 2. The van der Waals surface area contributed by atoms with Crippen molar-refractivity contribution >= 4 is 0 Å². The molecule has 2 aliphatic carbocycles. The van der Waals surface area contributed by atoms with Crippen molar-refractivity contribution in [3.05, 3.63) is 0 Å². The molecular weight excluding hydrogens is 132 g/mol. The van der Waals surface area contributed by atoms with E-state index < -0.39 is 0 Å². The average Bonchev–Trinajstić information content (AvgIpc) is 2.54. The quantitative estimate of drug-likeness (QED) is 0.568. The summed E-state index contributed by atoms with van der Waals surface area (Å²) in [4.78, 5) is 0. The zero-order chi connectivity index (χ0) is 7.84. The Morgan fingerprint density at radius 2 is 1.91 bits per heavy atom. The topological polar surface area (TPSA) is 0 Å². The maximum Gasteiger partial charge on any atom is -0.0357 e. The Labute approximate surface area is 70.4 Å². The maximum atomic E-state index is 2.49. The number of rotatable bonds is 2. The Morgan fingerprint density at radius 1 is 1.18 bits per heavy atom. The van der Waals surface area contributed by atoms with E-state index in [1.54, 1.807) is 19.3 Å². The second kappa shape index (κ2) is 2.80. The molecule has 0 aliphatic heterocycles. The van der Waals surface area contributed by atoms with Gasteiger partial charge in [0.15, 0.2) is 0 Å². The van der Waals surface area contributed by atoms with Crippen LogP contribution in [-0.2, 0) is 0 Å². The van der Waals surface area contributed by atoms with E-state index in [-0.39, 0.29) is 0 Å². The van der Waals surface area contributed by atoms with Gasteiger partial charge in [0, 0.05) is 0 Å². The van der Waals surface area contributed by atoms with Crippen LogP contribution in [0.25, 0.3) is 0 Å². The van der Waals surface area contributed by atoms with Gasteiger partial charge in [-0.05, 0) is 42.9 Å². The lowest BCUT2D eigenvalue weighted by Gasteiger charge is -2.27. The van der Waals surface area contributed by atoms with Crippen LogP contribution >= 0.6 is 0 Å². The van der Waals surface area contributed by atoms with E-state index in [9.17, 15) is 0 Å². The summed E-state index contributed by atoms with van der Waals surface area (Å²) < 4.78 is 0. The highest BCUT2D eigenvalue weighted by atomic mass is 14.5. The molecule has 64 valence electrons. The van der Waals surface area contributed by atoms with E-state index >= 15 is 0 Å². The minimum absolute atomic E-state index is 1.06. The monoisotopic (exact) mass is 152 g/mol. The summed E-state index contributed by atoms with van der Waals surface area (Å²) in [6.07, 6.45) is 7.58. The van der Waals surface area contributed by atoms with Crippen LogP contribution in [-0.4, -0.2) is 0 Å². The summed E-state index contributed by atoms with van der Waals surface area (Å²) in [5, 5.41) is 0. The molecule has 0 aromatic heterocycles. The Balaban J connectivity index is 2.00.